The number of aromatic nitrogens is 6. The average Bonchev–Trinajstić information content (AvgIpc) is 3.22. The Hall–Kier alpha value is -3.42. The van der Waals surface area contributed by atoms with Gasteiger partial charge < -0.3 is 8.98 Å². The first-order valence-corrected chi connectivity index (χ1v) is 7.65. The van der Waals surface area contributed by atoms with E-state index in [1.54, 1.807) is 31.8 Å². The van der Waals surface area contributed by atoms with Crippen LogP contribution in [-0.2, 0) is 13.5 Å². The molecular weight excluding hydrogens is 320 g/mol. The molecule has 4 heterocycles. The standard InChI is InChI=1S/C17H14N6O2/c1-10-21-22-17(25-10)16(24)5-13-3-11-4-14(15-8-18-9-23(15)2)20-7-12(11)6-19-13/h3-4,6-9H,5H2,1-2H3. The van der Waals surface area contributed by atoms with Crippen LogP contribution in [0.5, 0.6) is 0 Å². The van der Waals surface area contributed by atoms with Crippen molar-refractivity contribution in [3.05, 3.63) is 54.5 Å². The Morgan fingerprint density at radius 3 is 2.68 bits per heavy atom. The van der Waals surface area contributed by atoms with Crippen molar-refractivity contribution < 1.29 is 9.21 Å². The minimum Gasteiger partial charge on any atom is -0.419 e. The lowest BCUT2D eigenvalue weighted by molar-refractivity contribution is 0.0957. The third-order valence-electron chi connectivity index (χ3n) is 3.85. The number of imidazole rings is 1. The minimum atomic E-state index is -0.256. The Kier molecular flexibility index (Phi) is 3.57. The second-order valence-corrected chi connectivity index (χ2v) is 5.71. The zero-order valence-electron chi connectivity index (χ0n) is 13.7. The van der Waals surface area contributed by atoms with E-state index in [1.807, 2.05) is 23.7 Å². The van der Waals surface area contributed by atoms with Crippen molar-refractivity contribution in [1.82, 2.24) is 29.7 Å². The molecular formula is C17H14N6O2. The summed E-state index contributed by atoms with van der Waals surface area (Å²) in [4.78, 5) is 25.1. The van der Waals surface area contributed by atoms with E-state index in [-0.39, 0.29) is 18.1 Å². The highest BCUT2D eigenvalue weighted by Gasteiger charge is 2.15. The van der Waals surface area contributed by atoms with Crippen LogP contribution in [0.2, 0.25) is 0 Å². The number of carbonyl (C=O) groups is 1. The van der Waals surface area contributed by atoms with Crippen LogP contribution in [0.15, 0.2) is 41.5 Å². The van der Waals surface area contributed by atoms with Crippen LogP contribution in [-0.4, -0.2) is 35.5 Å². The van der Waals surface area contributed by atoms with Gasteiger partial charge >= 0.3 is 0 Å². The lowest BCUT2D eigenvalue weighted by Gasteiger charge is -2.05. The fraction of sp³-hybridized carbons (Fsp3) is 0.176. The molecule has 124 valence electrons. The number of aryl methyl sites for hydroxylation is 2. The maximum Gasteiger partial charge on any atom is 0.284 e. The van der Waals surface area contributed by atoms with Gasteiger partial charge in [0.05, 0.1) is 30.3 Å². The van der Waals surface area contributed by atoms with E-state index in [2.05, 4.69) is 25.1 Å². The first kappa shape index (κ1) is 15.1. The molecule has 4 aromatic heterocycles. The average molecular weight is 334 g/mol. The van der Waals surface area contributed by atoms with Crippen molar-refractivity contribution in [2.75, 3.05) is 0 Å². The Balaban J connectivity index is 1.67. The molecule has 25 heavy (non-hydrogen) atoms. The minimum absolute atomic E-state index is 0.00435. The largest absolute Gasteiger partial charge is 0.419 e. The molecule has 8 nitrogen and oxygen atoms in total. The third kappa shape index (κ3) is 2.89. The van der Waals surface area contributed by atoms with Gasteiger partial charge in [-0.3, -0.25) is 14.8 Å². The van der Waals surface area contributed by atoms with Gasteiger partial charge in [-0.25, -0.2) is 4.98 Å². The summed E-state index contributed by atoms with van der Waals surface area (Å²) in [6.45, 7) is 1.64. The highest BCUT2D eigenvalue weighted by atomic mass is 16.4. The Labute approximate surface area is 142 Å². The molecule has 0 unspecified atom stereocenters. The molecule has 0 aliphatic heterocycles. The van der Waals surface area contributed by atoms with E-state index in [4.69, 9.17) is 4.42 Å². The van der Waals surface area contributed by atoms with Crippen molar-refractivity contribution >= 4 is 16.6 Å². The zero-order chi connectivity index (χ0) is 17.4. The van der Waals surface area contributed by atoms with Gasteiger partial charge in [-0.05, 0) is 17.5 Å². The number of ketones is 1. The Bertz CT molecular complexity index is 1080. The molecule has 0 saturated heterocycles. The van der Waals surface area contributed by atoms with Crippen LogP contribution in [0, 0.1) is 6.92 Å². The van der Waals surface area contributed by atoms with Gasteiger partial charge in [0.15, 0.2) is 0 Å². The van der Waals surface area contributed by atoms with Crippen LogP contribution in [0.4, 0.5) is 0 Å². The van der Waals surface area contributed by atoms with E-state index in [0.29, 0.717) is 11.6 Å². The molecule has 8 heteroatoms. The van der Waals surface area contributed by atoms with Crippen LogP contribution >= 0.6 is 0 Å². The molecule has 0 fully saturated rings. The maximum absolute atomic E-state index is 12.2. The first-order valence-electron chi connectivity index (χ1n) is 7.65. The molecule has 0 aromatic carbocycles. The van der Waals surface area contributed by atoms with Crippen LogP contribution < -0.4 is 0 Å². The van der Waals surface area contributed by atoms with E-state index in [1.165, 1.54) is 0 Å². The van der Waals surface area contributed by atoms with Crippen molar-refractivity contribution in [3.63, 3.8) is 0 Å². The summed E-state index contributed by atoms with van der Waals surface area (Å²) < 4.78 is 7.07. The van der Waals surface area contributed by atoms with Gasteiger partial charge in [0.1, 0.15) is 0 Å². The predicted molar refractivity (Wildman–Crippen MR) is 88.8 cm³/mol. The second kappa shape index (κ2) is 5.90. The quantitative estimate of drug-likeness (QED) is 0.527. The predicted octanol–water partition coefficient (Wildman–Crippen LogP) is 2.15. The summed E-state index contributed by atoms with van der Waals surface area (Å²) in [5.41, 5.74) is 2.36. The number of carbonyl (C=O) groups excluding carboxylic acids is 1. The Morgan fingerprint density at radius 2 is 1.96 bits per heavy atom. The lowest BCUT2D eigenvalue weighted by atomic mass is 10.1. The number of hydrogen-bond donors (Lipinski definition) is 0. The highest BCUT2D eigenvalue weighted by Crippen LogP contribution is 2.21. The summed E-state index contributed by atoms with van der Waals surface area (Å²) >= 11 is 0. The molecule has 0 radical (unpaired) electrons. The van der Waals surface area contributed by atoms with E-state index < -0.39 is 0 Å². The second-order valence-electron chi connectivity index (χ2n) is 5.71. The molecule has 0 bridgehead atoms. The van der Waals surface area contributed by atoms with Crippen molar-refractivity contribution in [2.45, 2.75) is 13.3 Å². The van der Waals surface area contributed by atoms with Crippen molar-refractivity contribution in [1.29, 1.82) is 0 Å². The molecule has 4 rings (SSSR count). The molecule has 0 N–H and O–H groups in total. The molecule has 0 aliphatic rings. The van der Waals surface area contributed by atoms with Gasteiger partial charge in [0.25, 0.3) is 5.89 Å². The first-order chi connectivity index (χ1) is 12.1. The Morgan fingerprint density at radius 1 is 1.12 bits per heavy atom. The van der Waals surface area contributed by atoms with Gasteiger partial charge in [0.2, 0.25) is 11.7 Å². The molecule has 0 aliphatic carbocycles. The summed E-state index contributed by atoms with van der Waals surface area (Å²) in [6.07, 6.45) is 7.05. The van der Waals surface area contributed by atoms with Crippen LogP contribution in [0.3, 0.4) is 0 Å². The topological polar surface area (TPSA) is 99.6 Å². The highest BCUT2D eigenvalue weighted by molar-refractivity contribution is 5.93. The fourth-order valence-corrected chi connectivity index (χ4v) is 2.57. The number of hydrogen-bond acceptors (Lipinski definition) is 7. The summed E-state index contributed by atoms with van der Waals surface area (Å²) in [7, 11) is 1.91. The van der Waals surface area contributed by atoms with E-state index in [9.17, 15) is 4.79 Å². The van der Waals surface area contributed by atoms with Crippen molar-refractivity contribution in [2.24, 2.45) is 7.05 Å². The van der Waals surface area contributed by atoms with Crippen molar-refractivity contribution in [3.8, 4) is 11.4 Å². The normalized spacial score (nSPS) is 11.1. The number of pyridine rings is 2. The zero-order valence-corrected chi connectivity index (χ0v) is 13.7. The fourth-order valence-electron chi connectivity index (χ4n) is 2.57. The maximum atomic E-state index is 12.2. The molecule has 0 amide bonds. The third-order valence-corrected chi connectivity index (χ3v) is 3.85. The summed E-state index contributed by atoms with van der Waals surface area (Å²) in [6, 6.07) is 3.83. The number of fused-ring (bicyclic) bond motifs is 1. The molecule has 0 atom stereocenters. The van der Waals surface area contributed by atoms with Crippen LogP contribution in [0.1, 0.15) is 22.3 Å². The smallest absolute Gasteiger partial charge is 0.284 e. The number of rotatable bonds is 4. The molecule has 0 saturated carbocycles. The van der Waals surface area contributed by atoms with Gasteiger partial charge in [-0.15, -0.1) is 10.2 Å². The van der Waals surface area contributed by atoms with Crippen LogP contribution in [0.25, 0.3) is 22.2 Å². The monoisotopic (exact) mass is 334 g/mol. The van der Waals surface area contributed by atoms with E-state index in [0.717, 1.165) is 22.2 Å². The number of Topliss-reactive ketones (excluding diaryl/α,β-unsaturated/α-hetero) is 1. The summed E-state index contributed by atoms with van der Waals surface area (Å²) in [5, 5.41) is 9.27. The SMILES string of the molecule is Cc1nnc(C(=O)Cc2cc3cc(-c4cncn4C)ncc3cn2)o1. The summed E-state index contributed by atoms with van der Waals surface area (Å²) in [5.74, 6) is 0.111. The van der Waals surface area contributed by atoms with Gasteiger partial charge in [-0.2, -0.15) is 0 Å². The number of nitrogens with zero attached hydrogens (tertiary/aromatic N) is 6. The van der Waals surface area contributed by atoms with Gasteiger partial charge in [0, 0.05) is 37.4 Å². The van der Waals surface area contributed by atoms with Gasteiger partial charge in [-0.1, -0.05) is 0 Å². The van der Waals surface area contributed by atoms with E-state index >= 15 is 0 Å². The molecule has 0 spiro atoms. The molecule has 4 aromatic rings. The lowest BCUT2D eigenvalue weighted by Crippen LogP contribution is -2.05.